The lowest BCUT2D eigenvalue weighted by molar-refractivity contribution is 0.310. The van der Waals surface area contributed by atoms with E-state index in [0.29, 0.717) is 16.6 Å². The molecular formula is C11H13N7OS. The molecule has 0 spiro atoms. The third kappa shape index (κ3) is 1.77. The zero-order valence-corrected chi connectivity index (χ0v) is 11.5. The Hall–Kier alpha value is -2.03. The number of fused-ring (bicyclic) bond motifs is 1. The Labute approximate surface area is 118 Å². The molecule has 1 fully saturated rings. The molecule has 9 heteroatoms. The molecule has 0 radical (unpaired) electrons. The average Bonchev–Trinajstić information content (AvgIpc) is 3.13. The van der Waals surface area contributed by atoms with E-state index < -0.39 is 0 Å². The van der Waals surface area contributed by atoms with Crippen molar-refractivity contribution in [2.75, 3.05) is 5.73 Å². The zero-order valence-electron chi connectivity index (χ0n) is 10.7. The minimum atomic E-state index is 0.245. The quantitative estimate of drug-likeness (QED) is 0.767. The van der Waals surface area contributed by atoms with Crippen LogP contribution in [0.5, 0.6) is 0 Å². The van der Waals surface area contributed by atoms with Gasteiger partial charge in [-0.05, 0) is 23.2 Å². The Kier molecular flexibility index (Phi) is 2.66. The Morgan fingerprint density at radius 1 is 1.15 bits per heavy atom. The van der Waals surface area contributed by atoms with Gasteiger partial charge in [-0.2, -0.15) is 9.61 Å². The first-order valence-electron chi connectivity index (χ1n) is 6.63. The van der Waals surface area contributed by atoms with E-state index in [1.807, 2.05) is 4.52 Å². The molecule has 4 rings (SSSR count). The summed E-state index contributed by atoms with van der Waals surface area (Å²) >= 11 is 1.39. The Morgan fingerprint density at radius 3 is 2.75 bits per heavy atom. The highest BCUT2D eigenvalue weighted by Gasteiger charge is 2.24. The van der Waals surface area contributed by atoms with Gasteiger partial charge in [-0.25, -0.2) is 4.63 Å². The molecule has 0 aromatic carbocycles. The first kappa shape index (κ1) is 11.8. The highest BCUT2D eigenvalue weighted by molar-refractivity contribution is 7.19. The first-order chi connectivity index (χ1) is 9.83. The number of nitrogens with two attached hydrogens (primary N) is 1. The van der Waals surface area contributed by atoms with Gasteiger partial charge in [0.2, 0.25) is 4.96 Å². The van der Waals surface area contributed by atoms with Crippen molar-refractivity contribution in [2.45, 2.75) is 38.0 Å². The van der Waals surface area contributed by atoms with Gasteiger partial charge in [0.1, 0.15) is 0 Å². The predicted molar refractivity (Wildman–Crippen MR) is 72.2 cm³/mol. The summed E-state index contributed by atoms with van der Waals surface area (Å²) in [5.74, 6) is 1.63. The van der Waals surface area contributed by atoms with Gasteiger partial charge in [-0.15, -0.1) is 10.2 Å². The number of aromatic nitrogens is 6. The van der Waals surface area contributed by atoms with Crippen LogP contribution in [0.25, 0.3) is 15.7 Å². The lowest BCUT2D eigenvalue weighted by Gasteiger charge is -2.18. The summed E-state index contributed by atoms with van der Waals surface area (Å²) in [7, 11) is 0. The monoisotopic (exact) mass is 291 g/mol. The van der Waals surface area contributed by atoms with Crippen molar-refractivity contribution in [2.24, 2.45) is 0 Å². The molecule has 1 aliphatic carbocycles. The molecule has 2 N–H and O–H groups in total. The van der Waals surface area contributed by atoms with Crippen molar-refractivity contribution in [3.8, 4) is 10.7 Å². The van der Waals surface area contributed by atoms with Crippen molar-refractivity contribution in [3.63, 3.8) is 0 Å². The van der Waals surface area contributed by atoms with Crippen LogP contribution < -0.4 is 5.73 Å². The number of rotatable bonds is 2. The van der Waals surface area contributed by atoms with Crippen LogP contribution in [0.1, 0.15) is 43.8 Å². The third-order valence-electron chi connectivity index (χ3n) is 3.70. The van der Waals surface area contributed by atoms with Gasteiger partial charge in [-0.1, -0.05) is 30.6 Å². The fraction of sp³-hybridized carbons (Fsp3) is 0.545. The highest BCUT2D eigenvalue weighted by Crippen LogP contribution is 2.34. The SMILES string of the molecule is Nc1nonc1-c1nn2c(C3CCCCC3)nnc2s1. The summed E-state index contributed by atoms with van der Waals surface area (Å²) in [6.07, 6.45) is 6.11. The fourth-order valence-electron chi connectivity index (χ4n) is 2.69. The van der Waals surface area contributed by atoms with Gasteiger partial charge >= 0.3 is 0 Å². The van der Waals surface area contributed by atoms with E-state index >= 15 is 0 Å². The zero-order chi connectivity index (χ0) is 13.5. The van der Waals surface area contributed by atoms with E-state index in [2.05, 4.69) is 30.2 Å². The van der Waals surface area contributed by atoms with Crippen LogP contribution in [-0.4, -0.2) is 30.1 Å². The Morgan fingerprint density at radius 2 is 2.00 bits per heavy atom. The number of hydrogen-bond acceptors (Lipinski definition) is 8. The highest BCUT2D eigenvalue weighted by atomic mass is 32.1. The van der Waals surface area contributed by atoms with Gasteiger partial charge in [0.05, 0.1) is 0 Å². The maximum Gasteiger partial charge on any atom is 0.235 e. The van der Waals surface area contributed by atoms with Crippen molar-refractivity contribution >= 4 is 22.1 Å². The minimum absolute atomic E-state index is 0.245. The van der Waals surface area contributed by atoms with Gasteiger partial charge in [-0.3, -0.25) is 0 Å². The molecule has 3 heterocycles. The second-order valence-electron chi connectivity index (χ2n) is 4.99. The van der Waals surface area contributed by atoms with Gasteiger partial charge in [0.25, 0.3) is 0 Å². The topological polar surface area (TPSA) is 108 Å². The molecule has 3 aromatic rings. The number of nitrogen functional groups attached to an aromatic ring is 1. The summed E-state index contributed by atoms with van der Waals surface area (Å²) < 4.78 is 6.42. The molecule has 1 aliphatic rings. The fourth-order valence-corrected chi connectivity index (χ4v) is 3.52. The molecule has 20 heavy (non-hydrogen) atoms. The second-order valence-corrected chi connectivity index (χ2v) is 5.95. The standard InChI is InChI=1S/C11H13N7OS/c12-8-7(16-19-17-8)10-15-18-9(13-14-11(18)20-10)6-4-2-1-3-5-6/h6H,1-5H2,(H2,12,17). The largest absolute Gasteiger partial charge is 0.379 e. The lowest BCUT2D eigenvalue weighted by atomic mass is 9.89. The van der Waals surface area contributed by atoms with Crippen LogP contribution in [0.4, 0.5) is 5.82 Å². The molecule has 104 valence electrons. The average molecular weight is 291 g/mol. The molecule has 0 unspecified atom stereocenters. The second kappa shape index (κ2) is 4.51. The Bertz CT molecular complexity index is 739. The van der Waals surface area contributed by atoms with Crippen LogP contribution in [0, 0.1) is 0 Å². The third-order valence-corrected chi connectivity index (χ3v) is 4.61. The van der Waals surface area contributed by atoms with Crippen molar-refractivity contribution < 1.29 is 4.63 Å². The molecule has 0 aliphatic heterocycles. The predicted octanol–water partition coefficient (Wildman–Crippen LogP) is 1.87. The molecule has 3 aromatic heterocycles. The molecular weight excluding hydrogens is 278 g/mol. The number of hydrogen-bond donors (Lipinski definition) is 1. The Balaban J connectivity index is 1.77. The van der Waals surface area contributed by atoms with Gasteiger partial charge in [0, 0.05) is 5.92 Å². The maximum absolute atomic E-state index is 5.70. The van der Waals surface area contributed by atoms with Crippen LogP contribution in [0.15, 0.2) is 4.63 Å². The van der Waals surface area contributed by atoms with Crippen molar-refractivity contribution in [1.82, 2.24) is 30.1 Å². The number of anilines is 1. The maximum atomic E-state index is 5.70. The molecule has 0 amide bonds. The van der Waals surface area contributed by atoms with E-state index in [1.165, 1.54) is 30.6 Å². The normalized spacial score (nSPS) is 17.0. The molecule has 8 nitrogen and oxygen atoms in total. The summed E-state index contributed by atoms with van der Waals surface area (Å²) in [5, 5.41) is 21.0. The summed E-state index contributed by atoms with van der Waals surface area (Å²) in [4.78, 5) is 0.753. The lowest BCUT2D eigenvalue weighted by Crippen LogP contribution is -2.09. The van der Waals surface area contributed by atoms with E-state index in [9.17, 15) is 0 Å². The minimum Gasteiger partial charge on any atom is -0.379 e. The van der Waals surface area contributed by atoms with E-state index in [1.54, 1.807) is 0 Å². The van der Waals surface area contributed by atoms with E-state index in [4.69, 9.17) is 5.73 Å². The van der Waals surface area contributed by atoms with Crippen LogP contribution in [-0.2, 0) is 0 Å². The molecule has 1 saturated carbocycles. The van der Waals surface area contributed by atoms with Crippen LogP contribution >= 0.6 is 11.3 Å². The molecule has 0 saturated heterocycles. The molecule has 0 atom stereocenters. The van der Waals surface area contributed by atoms with Crippen LogP contribution in [0.3, 0.4) is 0 Å². The van der Waals surface area contributed by atoms with Crippen LogP contribution in [0.2, 0.25) is 0 Å². The van der Waals surface area contributed by atoms with E-state index in [0.717, 1.165) is 23.6 Å². The van der Waals surface area contributed by atoms with Gasteiger partial charge in [0.15, 0.2) is 22.3 Å². The van der Waals surface area contributed by atoms with Gasteiger partial charge < -0.3 is 5.73 Å². The van der Waals surface area contributed by atoms with Crippen molar-refractivity contribution in [1.29, 1.82) is 0 Å². The molecule has 0 bridgehead atoms. The summed E-state index contributed by atoms with van der Waals surface area (Å²) in [6.45, 7) is 0. The van der Waals surface area contributed by atoms with E-state index in [-0.39, 0.29) is 5.82 Å². The summed E-state index contributed by atoms with van der Waals surface area (Å²) in [6, 6.07) is 0. The van der Waals surface area contributed by atoms with Crippen molar-refractivity contribution in [3.05, 3.63) is 5.82 Å². The summed E-state index contributed by atoms with van der Waals surface area (Å²) in [5.41, 5.74) is 6.17. The number of nitrogens with zero attached hydrogens (tertiary/aromatic N) is 6. The smallest absolute Gasteiger partial charge is 0.235 e. The first-order valence-corrected chi connectivity index (χ1v) is 7.45.